The SMILES string of the molecule is CCc1[nH]n(-c2ccc(F)cc2C)c(=O)c1N. The van der Waals surface area contributed by atoms with E-state index in [9.17, 15) is 9.18 Å². The van der Waals surface area contributed by atoms with Gasteiger partial charge in [-0.05, 0) is 37.1 Å². The maximum atomic E-state index is 13.0. The first kappa shape index (κ1) is 11.4. The maximum Gasteiger partial charge on any atom is 0.294 e. The van der Waals surface area contributed by atoms with Gasteiger partial charge in [0.15, 0.2) is 0 Å². The second kappa shape index (κ2) is 4.08. The summed E-state index contributed by atoms with van der Waals surface area (Å²) in [5.41, 5.74) is 7.60. The number of rotatable bonds is 2. The third-order valence-corrected chi connectivity index (χ3v) is 2.76. The van der Waals surface area contributed by atoms with Crippen LogP contribution in [0.2, 0.25) is 0 Å². The molecule has 1 aromatic carbocycles. The predicted molar refractivity (Wildman–Crippen MR) is 64.9 cm³/mol. The Morgan fingerprint density at radius 2 is 2.18 bits per heavy atom. The van der Waals surface area contributed by atoms with E-state index in [-0.39, 0.29) is 17.1 Å². The van der Waals surface area contributed by atoms with Gasteiger partial charge in [0, 0.05) is 0 Å². The summed E-state index contributed by atoms with van der Waals surface area (Å²) < 4.78 is 14.3. The minimum absolute atomic E-state index is 0.219. The van der Waals surface area contributed by atoms with Crippen LogP contribution in [0.1, 0.15) is 18.2 Å². The van der Waals surface area contributed by atoms with Crippen LogP contribution in [0.5, 0.6) is 0 Å². The van der Waals surface area contributed by atoms with Gasteiger partial charge in [0.1, 0.15) is 11.5 Å². The Kier molecular flexibility index (Phi) is 2.75. The zero-order valence-corrected chi connectivity index (χ0v) is 9.75. The fraction of sp³-hybridized carbons (Fsp3) is 0.250. The van der Waals surface area contributed by atoms with Crippen molar-refractivity contribution in [3.63, 3.8) is 0 Å². The number of nitrogens with one attached hydrogen (secondary N) is 1. The molecule has 2 rings (SSSR count). The van der Waals surface area contributed by atoms with E-state index in [2.05, 4.69) is 5.10 Å². The highest BCUT2D eigenvalue weighted by atomic mass is 19.1. The van der Waals surface area contributed by atoms with Crippen LogP contribution in [0.25, 0.3) is 5.69 Å². The summed E-state index contributed by atoms with van der Waals surface area (Å²) in [4.78, 5) is 11.9. The quantitative estimate of drug-likeness (QED) is 0.833. The lowest BCUT2D eigenvalue weighted by molar-refractivity contribution is 0.625. The van der Waals surface area contributed by atoms with Crippen molar-refractivity contribution >= 4 is 5.69 Å². The van der Waals surface area contributed by atoms with E-state index < -0.39 is 0 Å². The average molecular weight is 235 g/mol. The molecule has 0 aliphatic rings. The number of nitrogen functional groups attached to an aromatic ring is 1. The largest absolute Gasteiger partial charge is 0.393 e. The summed E-state index contributed by atoms with van der Waals surface area (Å²) in [7, 11) is 0. The van der Waals surface area contributed by atoms with Crippen molar-refractivity contribution in [3.8, 4) is 5.69 Å². The standard InChI is InChI=1S/C12H14FN3O/c1-3-9-11(14)12(17)16(15-9)10-5-4-8(13)6-7(10)2/h4-6,15H,3,14H2,1-2H3. The van der Waals surface area contributed by atoms with Crippen LogP contribution in [0.15, 0.2) is 23.0 Å². The number of H-pyrrole nitrogens is 1. The summed E-state index contributed by atoms with van der Waals surface area (Å²) >= 11 is 0. The molecule has 4 nitrogen and oxygen atoms in total. The van der Waals surface area contributed by atoms with Gasteiger partial charge in [-0.25, -0.2) is 9.07 Å². The van der Waals surface area contributed by atoms with Crippen molar-refractivity contribution in [2.24, 2.45) is 0 Å². The zero-order valence-electron chi connectivity index (χ0n) is 9.75. The van der Waals surface area contributed by atoms with Gasteiger partial charge in [-0.15, -0.1) is 0 Å². The highest BCUT2D eigenvalue weighted by molar-refractivity contribution is 5.47. The first-order valence-corrected chi connectivity index (χ1v) is 5.40. The summed E-state index contributed by atoms with van der Waals surface area (Å²) in [6, 6.07) is 4.25. The highest BCUT2D eigenvalue weighted by Crippen LogP contribution is 2.15. The fourth-order valence-electron chi connectivity index (χ4n) is 1.80. The van der Waals surface area contributed by atoms with E-state index >= 15 is 0 Å². The normalized spacial score (nSPS) is 10.8. The third-order valence-electron chi connectivity index (χ3n) is 2.76. The number of hydrogen-bond donors (Lipinski definition) is 2. The van der Waals surface area contributed by atoms with Gasteiger partial charge in [0.2, 0.25) is 0 Å². The Hall–Kier alpha value is -2.04. The number of hydrogen-bond acceptors (Lipinski definition) is 2. The molecule has 17 heavy (non-hydrogen) atoms. The van der Waals surface area contributed by atoms with Crippen molar-refractivity contribution in [2.75, 3.05) is 5.73 Å². The van der Waals surface area contributed by atoms with E-state index in [1.54, 1.807) is 13.0 Å². The van der Waals surface area contributed by atoms with Crippen molar-refractivity contribution in [2.45, 2.75) is 20.3 Å². The van der Waals surface area contributed by atoms with E-state index in [0.717, 1.165) is 0 Å². The first-order chi connectivity index (χ1) is 8.04. The Morgan fingerprint density at radius 3 is 2.71 bits per heavy atom. The molecule has 90 valence electrons. The van der Waals surface area contributed by atoms with Gasteiger partial charge in [0.25, 0.3) is 5.56 Å². The number of nitrogens with two attached hydrogens (primary N) is 1. The lowest BCUT2D eigenvalue weighted by atomic mass is 10.2. The number of nitrogens with zero attached hydrogens (tertiary/aromatic N) is 1. The lowest BCUT2D eigenvalue weighted by Crippen LogP contribution is -2.17. The van der Waals surface area contributed by atoms with Crippen LogP contribution >= 0.6 is 0 Å². The van der Waals surface area contributed by atoms with Gasteiger partial charge >= 0.3 is 0 Å². The monoisotopic (exact) mass is 235 g/mol. The second-order valence-electron chi connectivity index (χ2n) is 3.93. The van der Waals surface area contributed by atoms with Gasteiger partial charge in [0.05, 0.1) is 11.4 Å². The fourth-order valence-corrected chi connectivity index (χ4v) is 1.80. The molecule has 0 aliphatic heterocycles. The Bertz CT molecular complexity index is 613. The Balaban J connectivity index is 2.65. The molecule has 1 aromatic heterocycles. The average Bonchev–Trinajstić information content (AvgIpc) is 2.57. The number of aromatic nitrogens is 2. The molecule has 1 heterocycles. The maximum absolute atomic E-state index is 13.0. The summed E-state index contributed by atoms with van der Waals surface area (Å²) in [5.74, 6) is -0.324. The van der Waals surface area contributed by atoms with Gasteiger partial charge in [-0.1, -0.05) is 6.92 Å². The van der Waals surface area contributed by atoms with Gasteiger partial charge in [-0.2, -0.15) is 0 Å². The minimum Gasteiger partial charge on any atom is -0.393 e. The molecule has 0 aliphatic carbocycles. The van der Waals surface area contributed by atoms with Crippen molar-refractivity contribution in [1.29, 1.82) is 0 Å². The topological polar surface area (TPSA) is 63.8 Å². The number of benzene rings is 1. The van der Waals surface area contributed by atoms with Crippen molar-refractivity contribution < 1.29 is 4.39 Å². The molecule has 0 unspecified atom stereocenters. The molecule has 5 heteroatoms. The molecule has 0 spiro atoms. The first-order valence-electron chi connectivity index (χ1n) is 5.40. The minimum atomic E-state index is -0.324. The zero-order chi connectivity index (χ0) is 12.6. The summed E-state index contributed by atoms with van der Waals surface area (Å²) in [6.07, 6.45) is 0.647. The van der Waals surface area contributed by atoms with E-state index in [4.69, 9.17) is 5.73 Å². The molecule has 0 amide bonds. The van der Waals surface area contributed by atoms with Crippen LogP contribution < -0.4 is 11.3 Å². The van der Waals surface area contributed by atoms with Gasteiger partial charge in [-0.3, -0.25) is 9.89 Å². The molecular weight excluding hydrogens is 221 g/mol. The lowest BCUT2D eigenvalue weighted by Gasteiger charge is -2.05. The summed E-state index contributed by atoms with van der Waals surface area (Å²) in [5, 5.41) is 2.93. The molecule has 0 saturated carbocycles. The number of halogens is 1. The number of aryl methyl sites for hydroxylation is 2. The third kappa shape index (κ3) is 1.84. The van der Waals surface area contributed by atoms with Crippen molar-refractivity contribution in [3.05, 3.63) is 45.6 Å². The van der Waals surface area contributed by atoms with Crippen LogP contribution in [0.4, 0.5) is 10.1 Å². The highest BCUT2D eigenvalue weighted by Gasteiger charge is 2.12. The molecule has 0 bridgehead atoms. The van der Waals surface area contributed by atoms with Crippen LogP contribution in [0.3, 0.4) is 0 Å². The molecule has 0 atom stereocenters. The molecular formula is C12H14FN3O. The van der Waals surface area contributed by atoms with Crippen LogP contribution in [-0.2, 0) is 6.42 Å². The second-order valence-corrected chi connectivity index (χ2v) is 3.93. The van der Waals surface area contributed by atoms with E-state index in [1.165, 1.54) is 16.8 Å². The molecule has 0 fully saturated rings. The molecule has 0 radical (unpaired) electrons. The number of aromatic amines is 1. The molecule has 0 saturated heterocycles. The molecule has 3 N–H and O–H groups in total. The summed E-state index contributed by atoms with van der Waals surface area (Å²) in [6.45, 7) is 3.65. The predicted octanol–water partition coefficient (Wildman–Crippen LogP) is 1.76. The number of anilines is 1. The van der Waals surface area contributed by atoms with Crippen LogP contribution in [0, 0.1) is 12.7 Å². The Morgan fingerprint density at radius 1 is 1.47 bits per heavy atom. The Labute approximate surface area is 97.9 Å². The van der Waals surface area contributed by atoms with E-state index in [0.29, 0.717) is 23.4 Å². The molecule has 2 aromatic rings. The van der Waals surface area contributed by atoms with E-state index in [1.807, 2.05) is 6.92 Å². The smallest absolute Gasteiger partial charge is 0.294 e. The van der Waals surface area contributed by atoms with Crippen LogP contribution in [-0.4, -0.2) is 9.78 Å². The van der Waals surface area contributed by atoms with Gasteiger partial charge < -0.3 is 5.73 Å². The van der Waals surface area contributed by atoms with Crippen molar-refractivity contribution in [1.82, 2.24) is 9.78 Å².